The molecule has 1 unspecified atom stereocenters. The van der Waals surface area contributed by atoms with Crippen molar-refractivity contribution in [3.8, 4) is 11.8 Å². The third-order valence-corrected chi connectivity index (χ3v) is 3.56. The number of ether oxygens (including phenoxy) is 1. The van der Waals surface area contributed by atoms with Crippen molar-refractivity contribution >= 4 is 5.91 Å². The van der Waals surface area contributed by atoms with Crippen molar-refractivity contribution in [1.82, 2.24) is 9.88 Å². The number of hydrogen-bond donors (Lipinski definition) is 0. The Hall–Kier alpha value is -2.09. The van der Waals surface area contributed by atoms with Crippen LogP contribution in [0.5, 0.6) is 5.75 Å². The summed E-state index contributed by atoms with van der Waals surface area (Å²) < 4.78 is 5.63. The molecule has 0 aromatic carbocycles. The maximum atomic E-state index is 11.2. The normalized spacial score (nSPS) is 25.4. The maximum Gasteiger partial charge on any atom is 0.225 e. The Kier molecular flexibility index (Phi) is 2.05. The number of fused-ring (bicyclic) bond motifs is 1. The smallest absolute Gasteiger partial charge is 0.225 e. The van der Waals surface area contributed by atoms with Gasteiger partial charge in [-0.3, -0.25) is 9.78 Å². The summed E-state index contributed by atoms with van der Waals surface area (Å²) in [6, 6.07) is 3.68. The van der Waals surface area contributed by atoms with Crippen molar-refractivity contribution in [1.29, 1.82) is 5.26 Å². The number of amides is 1. The fourth-order valence-electron chi connectivity index (χ4n) is 2.40. The molecule has 0 saturated carbocycles. The highest BCUT2D eigenvalue weighted by Crippen LogP contribution is 2.43. The summed E-state index contributed by atoms with van der Waals surface area (Å²) in [5.74, 6) is 0.696. The summed E-state index contributed by atoms with van der Waals surface area (Å²) in [7, 11) is 0. The third kappa shape index (κ3) is 1.37. The zero-order valence-corrected chi connectivity index (χ0v) is 9.22. The first kappa shape index (κ1) is 10.1. The van der Waals surface area contributed by atoms with E-state index < -0.39 is 0 Å². The molecular weight excluding hydrogens is 218 g/mol. The number of rotatable bonds is 3. The van der Waals surface area contributed by atoms with E-state index in [0.717, 1.165) is 13.0 Å². The molecule has 3 heterocycles. The minimum Gasteiger partial charge on any atom is -0.488 e. The zero-order chi connectivity index (χ0) is 11.9. The molecule has 5 nitrogen and oxygen atoms in total. The minimum absolute atomic E-state index is 0.0976. The van der Waals surface area contributed by atoms with Gasteiger partial charge in [0.05, 0.1) is 23.7 Å². The third-order valence-electron chi connectivity index (χ3n) is 3.56. The van der Waals surface area contributed by atoms with Crippen LogP contribution in [0.2, 0.25) is 0 Å². The molecule has 1 atom stereocenters. The lowest BCUT2D eigenvalue weighted by atomic mass is 9.74. The Morgan fingerprint density at radius 2 is 2.53 bits per heavy atom. The van der Waals surface area contributed by atoms with Gasteiger partial charge < -0.3 is 9.64 Å². The lowest BCUT2D eigenvalue weighted by Crippen LogP contribution is -2.74. The summed E-state index contributed by atoms with van der Waals surface area (Å²) in [6.07, 6.45) is 4.65. The number of piperidine rings is 1. The zero-order valence-electron chi connectivity index (χ0n) is 9.22. The predicted molar refractivity (Wildman–Crippen MR) is 58.1 cm³/mol. The molecule has 1 aromatic rings. The Bertz CT molecular complexity index is 523. The second-order valence-corrected chi connectivity index (χ2v) is 4.47. The van der Waals surface area contributed by atoms with E-state index in [1.54, 1.807) is 18.5 Å². The van der Waals surface area contributed by atoms with Crippen LogP contribution >= 0.6 is 0 Å². The lowest BCUT2D eigenvalue weighted by molar-refractivity contribution is -0.180. The number of carbonyl (C=O) groups is 1. The number of pyridine rings is 1. The first-order chi connectivity index (χ1) is 8.25. The van der Waals surface area contributed by atoms with E-state index in [4.69, 9.17) is 10.00 Å². The summed E-state index contributed by atoms with van der Waals surface area (Å²) in [5.41, 5.74) is 0.382. The second kappa shape index (κ2) is 3.45. The van der Waals surface area contributed by atoms with Crippen molar-refractivity contribution < 1.29 is 9.53 Å². The van der Waals surface area contributed by atoms with Crippen molar-refractivity contribution in [3.05, 3.63) is 24.0 Å². The van der Waals surface area contributed by atoms with Gasteiger partial charge in [-0.05, 0) is 12.5 Å². The van der Waals surface area contributed by atoms with Crippen LogP contribution in [0, 0.1) is 11.3 Å². The number of nitrogens with zero attached hydrogens (tertiary/aromatic N) is 3. The molecule has 2 aliphatic rings. The lowest BCUT2D eigenvalue weighted by Gasteiger charge is -2.60. The first-order valence-corrected chi connectivity index (χ1v) is 5.53. The Morgan fingerprint density at radius 1 is 1.65 bits per heavy atom. The van der Waals surface area contributed by atoms with Gasteiger partial charge in [0, 0.05) is 12.7 Å². The summed E-state index contributed by atoms with van der Waals surface area (Å²) in [6.45, 7) is 1.29. The van der Waals surface area contributed by atoms with E-state index >= 15 is 0 Å². The highest BCUT2D eigenvalue weighted by atomic mass is 16.5. The van der Waals surface area contributed by atoms with Crippen molar-refractivity contribution in [2.24, 2.45) is 0 Å². The quantitative estimate of drug-likeness (QED) is 0.716. The maximum absolute atomic E-state index is 11.2. The number of aromatic nitrogens is 1. The molecule has 2 fully saturated rings. The molecule has 2 aliphatic heterocycles. The van der Waals surface area contributed by atoms with E-state index in [2.05, 4.69) is 11.1 Å². The first-order valence-electron chi connectivity index (χ1n) is 5.53. The molecule has 0 radical (unpaired) electrons. The molecule has 1 amide bonds. The Morgan fingerprint density at radius 3 is 3.12 bits per heavy atom. The summed E-state index contributed by atoms with van der Waals surface area (Å²) >= 11 is 0. The standard InChI is InChI=1S/C12H11N3O2/c13-6-9-1-3-14-7-10(9)17-8-12-2-4-15(12)11(16)5-12/h1,3,7H,2,4-5,8H2. The molecule has 0 N–H and O–H groups in total. The highest BCUT2D eigenvalue weighted by molar-refractivity contribution is 5.86. The molecule has 86 valence electrons. The number of nitriles is 1. The molecular formula is C12H11N3O2. The molecule has 3 rings (SSSR count). The van der Waals surface area contributed by atoms with Crippen molar-refractivity contribution in [2.75, 3.05) is 13.2 Å². The number of hydrogen-bond acceptors (Lipinski definition) is 4. The predicted octanol–water partition coefficient (Wildman–Crippen LogP) is 0.707. The van der Waals surface area contributed by atoms with Gasteiger partial charge in [-0.15, -0.1) is 0 Å². The molecule has 0 aliphatic carbocycles. The van der Waals surface area contributed by atoms with E-state index in [-0.39, 0.29) is 11.4 Å². The van der Waals surface area contributed by atoms with Crippen LogP contribution in [0.1, 0.15) is 18.4 Å². The monoisotopic (exact) mass is 229 g/mol. The van der Waals surface area contributed by atoms with Gasteiger partial charge >= 0.3 is 0 Å². The minimum atomic E-state index is -0.0976. The van der Waals surface area contributed by atoms with Crippen molar-refractivity contribution in [3.63, 3.8) is 0 Å². The van der Waals surface area contributed by atoms with Crippen LogP contribution in [0.25, 0.3) is 0 Å². The van der Waals surface area contributed by atoms with Crippen LogP contribution in [0.4, 0.5) is 0 Å². The van der Waals surface area contributed by atoms with Gasteiger partial charge in [-0.25, -0.2) is 0 Å². The largest absolute Gasteiger partial charge is 0.488 e. The van der Waals surface area contributed by atoms with Gasteiger partial charge in [0.2, 0.25) is 5.91 Å². The average Bonchev–Trinajstić information content (AvgIpc) is 2.33. The highest BCUT2D eigenvalue weighted by Gasteiger charge is 2.57. The SMILES string of the molecule is N#Cc1ccncc1OCC12CCN1C(=O)C2. The van der Waals surface area contributed by atoms with Crippen LogP contribution in [-0.2, 0) is 4.79 Å². The Balaban J connectivity index is 1.69. The second-order valence-electron chi connectivity index (χ2n) is 4.47. The van der Waals surface area contributed by atoms with Gasteiger partial charge in [0.15, 0.2) is 5.75 Å². The van der Waals surface area contributed by atoms with Gasteiger partial charge in [-0.1, -0.05) is 0 Å². The van der Waals surface area contributed by atoms with E-state index in [9.17, 15) is 4.79 Å². The van der Waals surface area contributed by atoms with Gasteiger partial charge in [0.25, 0.3) is 0 Å². The Labute approximate surface area is 98.6 Å². The number of carbonyl (C=O) groups excluding carboxylic acids is 1. The van der Waals surface area contributed by atoms with Crippen LogP contribution in [0.3, 0.4) is 0 Å². The molecule has 0 bridgehead atoms. The summed E-state index contributed by atoms with van der Waals surface area (Å²) in [4.78, 5) is 17.0. The molecule has 0 spiro atoms. The van der Waals surface area contributed by atoms with Crippen LogP contribution in [0.15, 0.2) is 18.5 Å². The van der Waals surface area contributed by atoms with Crippen LogP contribution in [-0.4, -0.2) is 34.5 Å². The molecule has 1 aromatic heterocycles. The van der Waals surface area contributed by atoms with E-state index in [1.807, 2.05) is 4.90 Å². The molecule has 17 heavy (non-hydrogen) atoms. The van der Waals surface area contributed by atoms with Crippen LogP contribution < -0.4 is 4.74 Å². The average molecular weight is 229 g/mol. The van der Waals surface area contributed by atoms with E-state index in [0.29, 0.717) is 24.3 Å². The molecule has 5 heteroatoms. The van der Waals surface area contributed by atoms with Gasteiger partial charge in [0.1, 0.15) is 12.7 Å². The van der Waals surface area contributed by atoms with Crippen molar-refractivity contribution in [2.45, 2.75) is 18.4 Å². The molecule has 2 saturated heterocycles. The van der Waals surface area contributed by atoms with E-state index in [1.165, 1.54) is 0 Å². The fourth-order valence-corrected chi connectivity index (χ4v) is 2.40. The summed E-state index contributed by atoms with van der Waals surface area (Å²) in [5, 5.41) is 8.90. The topological polar surface area (TPSA) is 66.2 Å². The van der Waals surface area contributed by atoms with Gasteiger partial charge in [-0.2, -0.15) is 5.26 Å². The number of β-lactam (4-membered cyclic amide) rings is 1. The fraction of sp³-hybridized carbons (Fsp3) is 0.417.